The first-order valence-corrected chi connectivity index (χ1v) is 8.14. The van der Waals surface area contributed by atoms with Gasteiger partial charge in [-0.2, -0.15) is 0 Å². The number of hydrogen-bond donors (Lipinski definition) is 1. The van der Waals surface area contributed by atoms with Gasteiger partial charge in [0.1, 0.15) is 5.69 Å². The van der Waals surface area contributed by atoms with Crippen molar-refractivity contribution >= 4 is 28.7 Å². The summed E-state index contributed by atoms with van der Waals surface area (Å²) in [5, 5.41) is 14.1. The molecule has 0 bridgehead atoms. The molecule has 1 saturated heterocycles. The molecule has 1 aliphatic carbocycles. The summed E-state index contributed by atoms with van der Waals surface area (Å²) in [4.78, 5) is 14.9. The number of nitro groups is 1. The molecule has 2 aliphatic rings. The minimum atomic E-state index is -0.693. The first kappa shape index (κ1) is 16.3. The zero-order chi connectivity index (χ0) is 16.7. The molecule has 1 N–H and O–H groups in total. The van der Waals surface area contributed by atoms with E-state index in [1.165, 1.54) is 0 Å². The fourth-order valence-corrected chi connectivity index (χ4v) is 3.22. The Balaban J connectivity index is 2.08. The van der Waals surface area contributed by atoms with Gasteiger partial charge in [0.15, 0.2) is 10.8 Å². The van der Waals surface area contributed by atoms with Crippen LogP contribution in [-0.2, 0) is 0 Å². The lowest BCUT2D eigenvalue weighted by atomic mass is 10.1. The second kappa shape index (κ2) is 6.13. The molecular formula is C15H20ClFN4O2. The molecule has 1 aromatic rings. The summed E-state index contributed by atoms with van der Waals surface area (Å²) in [5.74, 6) is -0.693. The molecule has 23 heavy (non-hydrogen) atoms. The van der Waals surface area contributed by atoms with Crippen molar-refractivity contribution in [2.24, 2.45) is 0 Å². The van der Waals surface area contributed by atoms with Crippen molar-refractivity contribution in [1.29, 1.82) is 0 Å². The lowest BCUT2D eigenvalue weighted by Gasteiger charge is -2.35. The highest BCUT2D eigenvalue weighted by atomic mass is 35.5. The fourth-order valence-electron chi connectivity index (χ4n) is 2.96. The number of hydrogen-bond acceptors (Lipinski definition) is 5. The average Bonchev–Trinajstić information content (AvgIpc) is 3.30. The fraction of sp³-hybridized carbons (Fsp3) is 0.600. The van der Waals surface area contributed by atoms with E-state index in [0.29, 0.717) is 30.0 Å². The molecule has 0 radical (unpaired) electrons. The Kier molecular flexibility index (Phi) is 4.33. The Bertz CT molecular complexity index is 643. The quantitative estimate of drug-likeness (QED) is 0.673. The molecule has 1 aromatic carbocycles. The Hall–Kier alpha value is -1.60. The summed E-state index contributed by atoms with van der Waals surface area (Å²) in [6.45, 7) is 4.71. The standard InChI is InChI=1S/C15H20ClFN4O2/c1-9-13(18-10-3-4-10)15(21(22)23)11(16)12(17)14(9)20-7-5-19(2)6-8-20/h10,18H,3-8H2,1-2H3. The first-order valence-electron chi connectivity index (χ1n) is 7.76. The molecular weight excluding hydrogens is 323 g/mol. The van der Waals surface area contributed by atoms with Gasteiger partial charge < -0.3 is 15.1 Å². The van der Waals surface area contributed by atoms with Gasteiger partial charge in [0, 0.05) is 37.8 Å². The highest BCUT2D eigenvalue weighted by Crippen LogP contribution is 2.45. The van der Waals surface area contributed by atoms with E-state index >= 15 is 0 Å². The molecule has 0 unspecified atom stereocenters. The predicted octanol–water partition coefficient (Wildman–Crippen LogP) is 3.02. The highest BCUT2D eigenvalue weighted by molar-refractivity contribution is 6.34. The summed E-state index contributed by atoms with van der Waals surface area (Å²) in [6, 6.07) is 0.217. The summed E-state index contributed by atoms with van der Waals surface area (Å²) in [5.41, 5.74) is 0.955. The summed E-state index contributed by atoms with van der Waals surface area (Å²) >= 11 is 6.03. The molecule has 6 nitrogen and oxygen atoms in total. The number of piperazine rings is 1. The number of halogens is 2. The van der Waals surface area contributed by atoms with E-state index in [4.69, 9.17) is 11.6 Å². The van der Waals surface area contributed by atoms with E-state index in [9.17, 15) is 14.5 Å². The molecule has 0 atom stereocenters. The van der Waals surface area contributed by atoms with Gasteiger partial charge in [-0.3, -0.25) is 10.1 Å². The third-order valence-electron chi connectivity index (χ3n) is 4.50. The van der Waals surface area contributed by atoms with Crippen LogP contribution in [0.15, 0.2) is 0 Å². The van der Waals surface area contributed by atoms with Gasteiger partial charge in [-0.1, -0.05) is 11.6 Å². The number of nitrogens with one attached hydrogen (secondary N) is 1. The summed E-state index contributed by atoms with van der Waals surface area (Å²) in [6.07, 6.45) is 1.94. The number of nitro benzene ring substituents is 1. The molecule has 0 aromatic heterocycles. The van der Waals surface area contributed by atoms with E-state index in [2.05, 4.69) is 10.2 Å². The SMILES string of the molecule is Cc1c(NC2CC2)c([N+](=O)[O-])c(Cl)c(F)c1N1CCN(C)CC1. The van der Waals surface area contributed by atoms with Crippen molar-refractivity contribution in [3.63, 3.8) is 0 Å². The molecule has 0 amide bonds. The third-order valence-corrected chi connectivity index (χ3v) is 4.85. The number of rotatable bonds is 4. The molecule has 1 aliphatic heterocycles. The smallest absolute Gasteiger partial charge is 0.314 e. The van der Waals surface area contributed by atoms with E-state index in [1.807, 2.05) is 11.9 Å². The topological polar surface area (TPSA) is 61.7 Å². The highest BCUT2D eigenvalue weighted by Gasteiger charge is 2.34. The average molecular weight is 343 g/mol. The van der Waals surface area contributed by atoms with E-state index in [1.54, 1.807) is 6.92 Å². The van der Waals surface area contributed by atoms with Crippen LogP contribution < -0.4 is 10.2 Å². The number of likely N-dealkylation sites (N-methyl/N-ethyl adjacent to an activating group) is 1. The predicted molar refractivity (Wildman–Crippen MR) is 89.2 cm³/mol. The normalized spacial score (nSPS) is 19.0. The first-order chi connectivity index (χ1) is 10.9. The Labute approximate surface area is 139 Å². The minimum Gasteiger partial charge on any atom is -0.376 e. The Morgan fingerprint density at radius 2 is 1.91 bits per heavy atom. The van der Waals surface area contributed by atoms with Crippen molar-refractivity contribution in [3.8, 4) is 0 Å². The number of benzene rings is 1. The summed E-state index contributed by atoms with van der Waals surface area (Å²) < 4.78 is 14.8. The van der Waals surface area contributed by atoms with E-state index in [0.717, 1.165) is 25.9 Å². The van der Waals surface area contributed by atoms with Crippen molar-refractivity contribution in [3.05, 3.63) is 26.5 Å². The van der Waals surface area contributed by atoms with Crippen LogP contribution in [0.25, 0.3) is 0 Å². The Morgan fingerprint density at radius 1 is 1.30 bits per heavy atom. The lowest BCUT2D eigenvalue weighted by molar-refractivity contribution is -0.384. The largest absolute Gasteiger partial charge is 0.376 e. The van der Waals surface area contributed by atoms with Gasteiger partial charge in [-0.05, 0) is 26.8 Å². The Morgan fingerprint density at radius 3 is 2.43 bits per heavy atom. The van der Waals surface area contributed by atoms with Crippen molar-refractivity contribution in [1.82, 2.24) is 4.90 Å². The minimum absolute atomic E-state index is 0.217. The lowest BCUT2D eigenvalue weighted by Crippen LogP contribution is -2.45. The van der Waals surface area contributed by atoms with Crippen LogP contribution in [0.4, 0.5) is 21.5 Å². The second-order valence-corrected chi connectivity index (χ2v) is 6.67. The van der Waals surface area contributed by atoms with Crippen LogP contribution in [0.3, 0.4) is 0 Å². The maximum absolute atomic E-state index is 14.8. The number of nitrogens with zero attached hydrogens (tertiary/aromatic N) is 3. The van der Waals surface area contributed by atoms with E-state index in [-0.39, 0.29) is 11.7 Å². The van der Waals surface area contributed by atoms with Crippen LogP contribution in [0.5, 0.6) is 0 Å². The van der Waals surface area contributed by atoms with Crippen LogP contribution in [-0.4, -0.2) is 49.1 Å². The van der Waals surface area contributed by atoms with Gasteiger partial charge >= 0.3 is 5.69 Å². The van der Waals surface area contributed by atoms with E-state index < -0.39 is 15.8 Å². The molecule has 0 spiro atoms. The van der Waals surface area contributed by atoms with Crippen LogP contribution in [0, 0.1) is 22.9 Å². The maximum Gasteiger partial charge on any atom is 0.314 e. The zero-order valence-corrected chi connectivity index (χ0v) is 14.0. The van der Waals surface area contributed by atoms with Crippen molar-refractivity contribution < 1.29 is 9.31 Å². The van der Waals surface area contributed by atoms with Crippen LogP contribution in [0.1, 0.15) is 18.4 Å². The monoisotopic (exact) mass is 342 g/mol. The second-order valence-electron chi connectivity index (χ2n) is 6.29. The van der Waals surface area contributed by atoms with Gasteiger partial charge in [-0.25, -0.2) is 4.39 Å². The van der Waals surface area contributed by atoms with Crippen LogP contribution in [0.2, 0.25) is 5.02 Å². The van der Waals surface area contributed by atoms with Gasteiger partial charge in [-0.15, -0.1) is 0 Å². The molecule has 126 valence electrons. The molecule has 3 rings (SSSR count). The summed E-state index contributed by atoms with van der Waals surface area (Å²) in [7, 11) is 2.02. The maximum atomic E-state index is 14.8. The molecule has 8 heteroatoms. The zero-order valence-electron chi connectivity index (χ0n) is 13.2. The van der Waals surface area contributed by atoms with Gasteiger partial charge in [0.25, 0.3) is 0 Å². The molecule has 1 heterocycles. The van der Waals surface area contributed by atoms with Crippen molar-refractivity contribution in [2.75, 3.05) is 43.4 Å². The van der Waals surface area contributed by atoms with Gasteiger partial charge in [0.2, 0.25) is 0 Å². The van der Waals surface area contributed by atoms with Crippen LogP contribution >= 0.6 is 11.6 Å². The number of anilines is 2. The molecule has 1 saturated carbocycles. The third kappa shape index (κ3) is 3.07. The molecule has 2 fully saturated rings. The van der Waals surface area contributed by atoms with Crippen molar-refractivity contribution in [2.45, 2.75) is 25.8 Å². The van der Waals surface area contributed by atoms with Gasteiger partial charge in [0.05, 0.1) is 10.6 Å².